The zero-order valence-electron chi connectivity index (χ0n) is 27.0. The summed E-state index contributed by atoms with van der Waals surface area (Å²) >= 11 is 0. The van der Waals surface area contributed by atoms with E-state index in [9.17, 15) is 5.26 Å². The Labute approximate surface area is 264 Å². The number of nitrogens with zero attached hydrogens (tertiary/aromatic N) is 3. The minimum Gasteiger partial charge on any atom is -0.497 e. The van der Waals surface area contributed by atoms with Crippen LogP contribution in [-0.4, -0.2) is 42.4 Å². The second-order valence-electron chi connectivity index (χ2n) is 11.4. The summed E-state index contributed by atoms with van der Waals surface area (Å²) in [7, 11) is 3.46. The van der Waals surface area contributed by atoms with Crippen LogP contribution in [0, 0.1) is 11.3 Å². The molecular weight excluding hydrogens is 554 g/mol. The summed E-state index contributed by atoms with van der Waals surface area (Å²) in [5, 5.41) is 34.0. The van der Waals surface area contributed by atoms with Crippen LogP contribution in [0.5, 0.6) is 5.75 Å². The molecule has 2 rings (SSSR count). The number of hydrogen-bond donors (Lipinski definition) is 2. The van der Waals surface area contributed by atoms with Crippen LogP contribution in [0.25, 0.3) is 0 Å². The van der Waals surface area contributed by atoms with E-state index in [1.54, 1.807) is 14.2 Å². The highest BCUT2D eigenvalue weighted by molar-refractivity contribution is 6.27. The van der Waals surface area contributed by atoms with Gasteiger partial charge in [0.15, 0.2) is 0 Å². The van der Waals surface area contributed by atoms with E-state index in [0.29, 0.717) is 0 Å². The third-order valence-electron chi connectivity index (χ3n) is 8.01. The van der Waals surface area contributed by atoms with E-state index >= 15 is 0 Å². The van der Waals surface area contributed by atoms with E-state index in [0.717, 1.165) is 56.3 Å². The van der Waals surface area contributed by atoms with Crippen molar-refractivity contribution in [1.29, 1.82) is 5.26 Å². The summed E-state index contributed by atoms with van der Waals surface area (Å²) in [6.45, 7) is 2.27. The highest BCUT2D eigenvalue weighted by Gasteiger charge is 2.32. The summed E-state index contributed by atoms with van der Waals surface area (Å²) < 4.78 is 5.51. The predicted octanol–water partition coefficient (Wildman–Crippen LogP) is 9.18. The topological polar surface area (TPSA) is 132 Å². The summed E-state index contributed by atoms with van der Waals surface area (Å²) in [5.41, 5.74) is 1.95. The largest absolute Gasteiger partial charge is 0.497 e. The molecular formula is C36H53N3O5. The monoisotopic (exact) mass is 607 g/mol. The number of ether oxygens (including phenoxy) is 1. The van der Waals surface area contributed by atoms with Crippen LogP contribution >= 0.6 is 0 Å². The Bertz CT molecular complexity index is 1120. The van der Waals surface area contributed by atoms with Crippen molar-refractivity contribution in [3.63, 3.8) is 0 Å². The molecule has 2 atom stereocenters. The highest BCUT2D eigenvalue weighted by atomic mass is 16.5. The number of unbranched alkanes of at least 4 members (excludes halogenated alkanes) is 9. The lowest BCUT2D eigenvalue weighted by atomic mass is 9.73. The fourth-order valence-corrected chi connectivity index (χ4v) is 5.47. The molecule has 2 aromatic carbocycles. The predicted molar refractivity (Wildman–Crippen MR) is 175 cm³/mol. The van der Waals surface area contributed by atoms with Crippen molar-refractivity contribution in [2.75, 3.05) is 14.2 Å². The van der Waals surface area contributed by atoms with Gasteiger partial charge in [0.1, 0.15) is 5.75 Å². The van der Waals surface area contributed by atoms with Crippen LogP contribution in [0.3, 0.4) is 0 Å². The molecule has 0 aromatic heterocycles. The molecule has 242 valence electrons. The maximum absolute atomic E-state index is 10.5. The van der Waals surface area contributed by atoms with Crippen LogP contribution in [0.15, 0.2) is 64.8 Å². The molecule has 44 heavy (non-hydrogen) atoms. The molecule has 0 aliphatic heterocycles. The fourth-order valence-electron chi connectivity index (χ4n) is 5.47. The van der Waals surface area contributed by atoms with Crippen LogP contribution in [0.2, 0.25) is 0 Å². The van der Waals surface area contributed by atoms with Gasteiger partial charge in [0.2, 0.25) is 0 Å². The molecule has 0 amide bonds. The number of azo groups is 1. The second kappa shape index (κ2) is 23.7. The van der Waals surface area contributed by atoms with E-state index < -0.39 is 17.4 Å². The number of aliphatic carboxylic acids is 2. The maximum Gasteiger partial charge on any atom is 0.414 e. The standard InChI is InChI=1S/C34H51N3O.C2H2O4/c1-4-5-6-7-8-9-10-11-12-16-26-34(29-35,31-21-17-23-33(28-31)38-3)27-18-22-32(37-36-2)25-24-30-19-14-13-15-20-30;3-1(4)2(5)6/h13-15,17,19-21,23,28,32H,4-12,16,18,22,24-27H2,1-3H3;(H,3,4)(H,5,6). The molecule has 0 saturated heterocycles. The second-order valence-corrected chi connectivity index (χ2v) is 11.4. The first-order chi connectivity index (χ1) is 21.3. The van der Waals surface area contributed by atoms with Crippen LogP contribution in [-0.2, 0) is 21.4 Å². The molecule has 0 heterocycles. The lowest BCUT2D eigenvalue weighted by molar-refractivity contribution is -0.159. The fraction of sp³-hybridized carbons (Fsp3) is 0.583. The Balaban J connectivity index is 0.00000146. The molecule has 2 aromatic rings. The van der Waals surface area contributed by atoms with Gasteiger partial charge in [-0.15, -0.1) is 0 Å². The van der Waals surface area contributed by atoms with Crippen molar-refractivity contribution in [2.24, 2.45) is 10.2 Å². The number of methoxy groups -OCH3 is 1. The minimum atomic E-state index is -1.82. The summed E-state index contributed by atoms with van der Waals surface area (Å²) in [6.07, 6.45) is 18.7. The van der Waals surface area contributed by atoms with E-state index in [2.05, 4.69) is 65.7 Å². The Morgan fingerprint density at radius 2 is 1.43 bits per heavy atom. The van der Waals surface area contributed by atoms with Gasteiger partial charge in [-0.1, -0.05) is 114 Å². The van der Waals surface area contributed by atoms with Gasteiger partial charge >= 0.3 is 11.9 Å². The molecule has 8 nitrogen and oxygen atoms in total. The van der Waals surface area contributed by atoms with Crippen molar-refractivity contribution in [3.05, 3.63) is 65.7 Å². The highest BCUT2D eigenvalue weighted by Crippen LogP contribution is 2.37. The lowest BCUT2D eigenvalue weighted by Crippen LogP contribution is -2.25. The van der Waals surface area contributed by atoms with Gasteiger partial charge in [-0.2, -0.15) is 15.5 Å². The van der Waals surface area contributed by atoms with Crippen molar-refractivity contribution in [2.45, 2.75) is 121 Å². The third kappa shape index (κ3) is 16.2. The van der Waals surface area contributed by atoms with Gasteiger partial charge < -0.3 is 14.9 Å². The van der Waals surface area contributed by atoms with Crippen LogP contribution in [0.1, 0.15) is 114 Å². The molecule has 2 unspecified atom stereocenters. The number of hydrogen-bond acceptors (Lipinski definition) is 6. The van der Waals surface area contributed by atoms with E-state index in [4.69, 9.17) is 24.5 Å². The molecule has 0 spiro atoms. The van der Waals surface area contributed by atoms with E-state index in [1.807, 2.05) is 12.1 Å². The van der Waals surface area contributed by atoms with Crippen LogP contribution in [0.4, 0.5) is 0 Å². The summed E-state index contributed by atoms with van der Waals surface area (Å²) in [6, 6.07) is 21.7. The van der Waals surface area contributed by atoms with Gasteiger partial charge in [-0.25, -0.2) is 9.59 Å². The van der Waals surface area contributed by atoms with Crippen molar-refractivity contribution in [3.8, 4) is 11.8 Å². The maximum atomic E-state index is 10.5. The minimum absolute atomic E-state index is 0.194. The Hall–Kier alpha value is -3.73. The smallest absolute Gasteiger partial charge is 0.414 e. The number of benzene rings is 2. The van der Waals surface area contributed by atoms with Gasteiger partial charge in [0.05, 0.1) is 24.6 Å². The average Bonchev–Trinajstić information content (AvgIpc) is 3.04. The van der Waals surface area contributed by atoms with E-state index in [-0.39, 0.29) is 6.04 Å². The van der Waals surface area contributed by atoms with Crippen LogP contribution < -0.4 is 4.74 Å². The van der Waals surface area contributed by atoms with E-state index in [1.165, 1.54) is 63.4 Å². The molecule has 8 heteroatoms. The first-order valence-corrected chi connectivity index (χ1v) is 16.2. The van der Waals surface area contributed by atoms with Crippen molar-refractivity contribution < 1.29 is 24.5 Å². The number of nitriles is 1. The van der Waals surface area contributed by atoms with Gasteiger partial charge in [0.25, 0.3) is 0 Å². The molecule has 2 N–H and O–H groups in total. The quantitative estimate of drug-likeness (QED) is 0.0826. The molecule has 0 fully saturated rings. The van der Waals surface area contributed by atoms with Crippen molar-refractivity contribution in [1.82, 2.24) is 0 Å². The number of carbonyl (C=O) groups is 2. The Kier molecular flexibility index (Phi) is 20.6. The normalized spacial score (nSPS) is 12.9. The first-order valence-electron chi connectivity index (χ1n) is 16.2. The molecule has 0 aliphatic rings. The Morgan fingerprint density at radius 1 is 0.841 bits per heavy atom. The number of rotatable bonds is 21. The first kappa shape index (κ1) is 38.3. The molecule has 0 saturated carbocycles. The molecule has 0 bridgehead atoms. The number of aryl methyl sites for hydroxylation is 1. The zero-order chi connectivity index (χ0) is 32.5. The summed E-state index contributed by atoms with van der Waals surface area (Å²) in [5.74, 6) is -2.82. The molecule has 0 aliphatic carbocycles. The average molecular weight is 608 g/mol. The van der Waals surface area contributed by atoms with Gasteiger partial charge in [-0.3, -0.25) is 0 Å². The van der Waals surface area contributed by atoms with Gasteiger partial charge in [-0.05, 0) is 61.8 Å². The zero-order valence-corrected chi connectivity index (χ0v) is 27.0. The van der Waals surface area contributed by atoms with Gasteiger partial charge in [0, 0.05) is 7.05 Å². The third-order valence-corrected chi connectivity index (χ3v) is 8.01. The molecule has 0 radical (unpaired) electrons. The van der Waals surface area contributed by atoms with Crippen molar-refractivity contribution >= 4 is 11.9 Å². The number of carboxylic acid groups (broad SMARTS) is 2. The SMILES string of the molecule is CCCCCCCCCCCCC(C#N)(CCCC(CCc1ccccc1)N=NC)c1cccc(OC)c1.O=C(O)C(=O)O. The lowest BCUT2D eigenvalue weighted by Gasteiger charge is -2.28. The number of carboxylic acids is 2. The summed E-state index contributed by atoms with van der Waals surface area (Å²) in [4.78, 5) is 18.2. The Morgan fingerprint density at radius 3 is 1.98 bits per heavy atom.